The van der Waals surface area contributed by atoms with Crippen LogP contribution in [0.15, 0.2) is 24.3 Å². The van der Waals surface area contributed by atoms with Gasteiger partial charge in [0.25, 0.3) is 0 Å². The molecule has 1 aliphatic carbocycles. The van der Waals surface area contributed by atoms with E-state index < -0.39 is 0 Å². The lowest BCUT2D eigenvalue weighted by molar-refractivity contribution is -0.128. The topological polar surface area (TPSA) is 58.6 Å². The Morgan fingerprint density at radius 3 is 2.88 bits per heavy atom. The summed E-state index contributed by atoms with van der Waals surface area (Å²) >= 11 is 0. The van der Waals surface area contributed by atoms with Crippen molar-refractivity contribution in [2.45, 2.75) is 58.1 Å². The van der Waals surface area contributed by atoms with E-state index in [0.29, 0.717) is 18.9 Å². The maximum absolute atomic E-state index is 12.2. The maximum Gasteiger partial charge on any atom is 0.250 e. The molecule has 1 saturated heterocycles. The molecule has 2 atom stereocenters. The van der Waals surface area contributed by atoms with E-state index in [1.807, 2.05) is 29.2 Å². The second-order valence-electron chi connectivity index (χ2n) is 7.28. The average Bonchev–Trinajstić information content (AvgIpc) is 2.99. The number of nitrogens with one attached hydrogen (secondary N) is 1. The summed E-state index contributed by atoms with van der Waals surface area (Å²) in [7, 11) is 0. The van der Waals surface area contributed by atoms with Crippen LogP contribution in [0.4, 0.5) is 5.69 Å². The van der Waals surface area contributed by atoms with Gasteiger partial charge in [0.2, 0.25) is 11.8 Å². The molecule has 2 fully saturated rings. The molecule has 1 heterocycles. The van der Waals surface area contributed by atoms with Gasteiger partial charge >= 0.3 is 0 Å². The molecule has 2 amide bonds. The van der Waals surface area contributed by atoms with Gasteiger partial charge in [-0.05, 0) is 42.9 Å². The highest BCUT2D eigenvalue weighted by Crippen LogP contribution is 2.26. The van der Waals surface area contributed by atoms with Crippen molar-refractivity contribution in [1.29, 1.82) is 0 Å². The Kier molecular flexibility index (Phi) is 6.08. The minimum Gasteiger partial charge on any atom is -0.368 e. The van der Waals surface area contributed by atoms with Crippen LogP contribution in [0, 0.1) is 5.92 Å². The molecule has 1 N–H and O–H groups in total. The van der Waals surface area contributed by atoms with Gasteiger partial charge in [0.05, 0.1) is 6.10 Å². The van der Waals surface area contributed by atoms with Gasteiger partial charge in [0, 0.05) is 25.2 Å². The van der Waals surface area contributed by atoms with Crippen LogP contribution in [0.2, 0.25) is 0 Å². The molecule has 5 nitrogen and oxygen atoms in total. The minimum absolute atomic E-state index is 0.101. The molecule has 2 aliphatic rings. The number of nitrogens with zero attached hydrogens (tertiary/aromatic N) is 1. The highest BCUT2D eigenvalue weighted by molar-refractivity contribution is 5.91. The maximum atomic E-state index is 12.2. The Morgan fingerprint density at radius 1 is 1.28 bits per heavy atom. The third-order valence-electron chi connectivity index (χ3n) is 5.22. The lowest BCUT2D eigenvalue weighted by Crippen LogP contribution is -2.29. The van der Waals surface area contributed by atoms with E-state index >= 15 is 0 Å². The Morgan fingerprint density at radius 2 is 2.12 bits per heavy atom. The van der Waals surface area contributed by atoms with E-state index in [-0.39, 0.29) is 24.5 Å². The van der Waals surface area contributed by atoms with Gasteiger partial charge < -0.3 is 15.0 Å². The van der Waals surface area contributed by atoms with Gasteiger partial charge in [-0.25, -0.2) is 0 Å². The number of rotatable bonds is 6. The number of hydrogen-bond donors (Lipinski definition) is 1. The third kappa shape index (κ3) is 5.05. The Labute approximate surface area is 149 Å². The van der Waals surface area contributed by atoms with E-state index in [1.54, 1.807) is 0 Å². The second-order valence-corrected chi connectivity index (χ2v) is 7.28. The zero-order chi connectivity index (χ0) is 17.6. The Balaban J connectivity index is 1.49. The zero-order valence-electron chi connectivity index (χ0n) is 15.0. The quantitative estimate of drug-likeness (QED) is 0.861. The van der Waals surface area contributed by atoms with Crippen LogP contribution < -0.4 is 5.32 Å². The van der Waals surface area contributed by atoms with Crippen molar-refractivity contribution in [3.63, 3.8) is 0 Å². The van der Waals surface area contributed by atoms with Crippen LogP contribution in [0.3, 0.4) is 0 Å². The van der Waals surface area contributed by atoms with Crippen molar-refractivity contribution in [3.8, 4) is 0 Å². The van der Waals surface area contributed by atoms with Crippen molar-refractivity contribution < 1.29 is 14.3 Å². The van der Waals surface area contributed by atoms with Crippen molar-refractivity contribution in [2.24, 2.45) is 5.92 Å². The van der Waals surface area contributed by atoms with Crippen LogP contribution in [0.25, 0.3) is 0 Å². The summed E-state index contributed by atoms with van der Waals surface area (Å²) in [5.41, 5.74) is 1.80. The highest BCUT2D eigenvalue weighted by Gasteiger charge is 2.23. The number of hydrogen-bond acceptors (Lipinski definition) is 3. The van der Waals surface area contributed by atoms with Gasteiger partial charge in [0.15, 0.2) is 0 Å². The summed E-state index contributed by atoms with van der Waals surface area (Å²) in [6.07, 6.45) is 6.47. The molecular formula is C20H28N2O3. The highest BCUT2D eigenvalue weighted by atomic mass is 16.5. The van der Waals surface area contributed by atoms with Gasteiger partial charge in [-0.2, -0.15) is 0 Å². The first-order chi connectivity index (χ1) is 12.1. The average molecular weight is 344 g/mol. The van der Waals surface area contributed by atoms with Crippen molar-refractivity contribution in [3.05, 3.63) is 29.8 Å². The molecule has 1 aromatic carbocycles. The summed E-state index contributed by atoms with van der Waals surface area (Å²) in [6, 6.07) is 7.71. The fraction of sp³-hybridized carbons (Fsp3) is 0.600. The predicted molar refractivity (Wildman–Crippen MR) is 97.1 cm³/mol. The molecule has 1 aromatic rings. The number of ether oxygens (including phenoxy) is 1. The fourth-order valence-electron chi connectivity index (χ4n) is 3.75. The minimum atomic E-state index is -0.118. The molecule has 0 bridgehead atoms. The van der Waals surface area contributed by atoms with Gasteiger partial charge in [-0.3, -0.25) is 9.59 Å². The molecule has 0 spiro atoms. The number of benzene rings is 1. The van der Waals surface area contributed by atoms with Crippen LogP contribution >= 0.6 is 0 Å². The molecule has 1 aliphatic heterocycles. The third-order valence-corrected chi connectivity index (χ3v) is 5.22. The van der Waals surface area contributed by atoms with Crippen LogP contribution in [0.5, 0.6) is 0 Å². The van der Waals surface area contributed by atoms with E-state index in [2.05, 4.69) is 12.2 Å². The van der Waals surface area contributed by atoms with E-state index in [4.69, 9.17) is 4.74 Å². The Bertz CT molecular complexity index is 617. The number of likely N-dealkylation sites (tertiary alicyclic amines) is 1. The summed E-state index contributed by atoms with van der Waals surface area (Å²) in [5, 5.41) is 2.91. The monoisotopic (exact) mass is 344 g/mol. The molecule has 0 radical (unpaired) electrons. The molecule has 136 valence electrons. The number of amides is 2. The van der Waals surface area contributed by atoms with Gasteiger partial charge in [0.1, 0.15) is 6.61 Å². The number of carbonyl (C=O) groups is 2. The SMILES string of the molecule is CC1CCCCC1OCC(=O)Nc1cccc(CN2CCCC2=O)c1. The fourth-order valence-corrected chi connectivity index (χ4v) is 3.75. The first kappa shape index (κ1) is 17.9. The van der Waals surface area contributed by atoms with Crippen molar-refractivity contribution >= 4 is 17.5 Å². The molecule has 3 rings (SSSR count). The second kappa shape index (κ2) is 8.48. The molecule has 1 saturated carbocycles. The zero-order valence-corrected chi connectivity index (χ0v) is 15.0. The standard InChI is InChI=1S/C20H28N2O3/c1-15-6-2-3-9-18(15)25-14-19(23)21-17-8-4-7-16(12-17)13-22-11-5-10-20(22)24/h4,7-8,12,15,18H,2-3,5-6,9-11,13-14H2,1H3,(H,21,23). The first-order valence-electron chi connectivity index (χ1n) is 9.40. The Hall–Kier alpha value is -1.88. The predicted octanol–water partition coefficient (Wildman–Crippen LogP) is 3.34. The normalized spacial score (nSPS) is 23.7. The van der Waals surface area contributed by atoms with Crippen LogP contribution in [0.1, 0.15) is 51.0 Å². The van der Waals surface area contributed by atoms with Gasteiger partial charge in [-0.15, -0.1) is 0 Å². The summed E-state index contributed by atoms with van der Waals surface area (Å²) < 4.78 is 5.82. The smallest absolute Gasteiger partial charge is 0.250 e. The summed E-state index contributed by atoms with van der Waals surface area (Å²) in [5.74, 6) is 0.625. The van der Waals surface area contributed by atoms with Crippen molar-refractivity contribution in [2.75, 3.05) is 18.5 Å². The molecule has 25 heavy (non-hydrogen) atoms. The largest absolute Gasteiger partial charge is 0.368 e. The van der Waals surface area contributed by atoms with E-state index in [1.165, 1.54) is 19.3 Å². The number of anilines is 1. The molecule has 2 unspecified atom stereocenters. The van der Waals surface area contributed by atoms with Crippen molar-refractivity contribution in [1.82, 2.24) is 4.90 Å². The molecule has 0 aromatic heterocycles. The lowest BCUT2D eigenvalue weighted by atomic mass is 9.88. The van der Waals surface area contributed by atoms with E-state index in [9.17, 15) is 9.59 Å². The molecular weight excluding hydrogens is 316 g/mol. The lowest BCUT2D eigenvalue weighted by Gasteiger charge is -2.28. The first-order valence-corrected chi connectivity index (χ1v) is 9.40. The number of carbonyl (C=O) groups excluding carboxylic acids is 2. The summed E-state index contributed by atoms with van der Waals surface area (Å²) in [6.45, 7) is 3.73. The van der Waals surface area contributed by atoms with E-state index in [0.717, 1.165) is 30.6 Å². The van der Waals surface area contributed by atoms with Crippen LogP contribution in [-0.4, -0.2) is 36.0 Å². The van der Waals surface area contributed by atoms with Crippen LogP contribution in [-0.2, 0) is 20.9 Å². The molecule has 5 heteroatoms. The summed E-state index contributed by atoms with van der Waals surface area (Å²) in [4.78, 5) is 25.8. The van der Waals surface area contributed by atoms with Gasteiger partial charge in [-0.1, -0.05) is 31.9 Å².